The number of ether oxygens (including phenoxy) is 1. The Morgan fingerprint density at radius 2 is 1.73 bits per heavy atom. The van der Waals surface area contributed by atoms with Crippen LogP contribution in [0.3, 0.4) is 0 Å². The summed E-state index contributed by atoms with van der Waals surface area (Å²) in [7, 11) is 0. The summed E-state index contributed by atoms with van der Waals surface area (Å²) in [5.74, 6) is 0.655. The molecule has 0 amide bonds. The maximum absolute atomic E-state index is 6.47. The Labute approximate surface area is 210 Å². The van der Waals surface area contributed by atoms with Crippen molar-refractivity contribution in [3.8, 4) is 0 Å². The van der Waals surface area contributed by atoms with Gasteiger partial charge in [-0.3, -0.25) is 4.18 Å². The third-order valence-corrected chi connectivity index (χ3v) is 8.43. The molecule has 3 fully saturated rings. The third-order valence-electron chi connectivity index (χ3n) is 7.86. The number of thiol groups is 1. The van der Waals surface area contributed by atoms with Crippen molar-refractivity contribution in [2.75, 3.05) is 6.54 Å². The smallest absolute Gasteiger partial charge is 0.0981 e. The van der Waals surface area contributed by atoms with Crippen molar-refractivity contribution in [2.45, 2.75) is 121 Å². The lowest BCUT2D eigenvalue weighted by Gasteiger charge is -2.40. The van der Waals surface area contributed by atoms with E-state index < -0.39 is 0 Å². The lowest BCUT2D eigenvalue weighted by atomic mass is 9.79. The average molecular weight is 493 g/mol. The Kier molecular flexibility index (Phi) is 10.3. The molecule has 5 atom stereocenters. The van der Waals surface area contributed by atoms with E-state index in [0.29, 0.717) is 24.0 Å². The zero-order chi connectivity index (χ0) is 23.0. The van der Waals surface area contributed by atoms with Crippen LogP contribution in [0.1, 0.15) is 108 Å². The van der Waals surface area contributed by atoms with Crippen molar-refractivity contribution >= 4 is 22.7 Å². The van der Waals surface area contributed by atoms with E-state index in [4.69, 9.17) is 8.92 Å². The minimum Gasteiger partial charge on any atom is -0.369 e. The molecule has 33 heavy (non-hydrogen) atoms. The maximum atomic E-state index is 6.47. The summed E-state index contributed by atoms with van der Waals surface area (Å²) in [4.78, 5) is 0. The van der Waals surface area contributed by atoms with E-state index in [1.165, 1.54) is 92.8 Å². The predicted octanol–water partition coefficient (Wildman–Crippen LogP) is 6.94. The van der Waals surface area contributed by atoms with E-state index >= 15 is 0 Å². The van der Waals surface area contributed by atoms with Crippen LogP contribution < -0.4 is 10.6 Å². The molecule has 4 nitrogen and oxygen atoms in total. The van der Waals surface area contributed by atoms with Gasteiger partial charge in [0.2, 0.25) is 0 Å². The second-order valence-electron chi connectivity index (χ2n) is 10.6. The topological polar surface area (TPSA) is 42.5 Å². The van der Waals surface area contributed by atoms with Gasteiger partial charge < -0.3 is 15.4 Å². The molecule has 0 bridgehead atoms. The quantitative estimate of drug-likeness (QED) is 0.198. The van der Waals surface area contributed by atoms with Crippen LogP contribution in [0.2, 0.25) is 0 Å². The largest absolute Gasteiger partial charge is 0.369 e. The molecule has 2 aliphatic heterocycles. The molecule has 1 aromatic carbocycles. The average Bonchev–Trinajstić information content (AvgIpc) is 2.87. The number of hydrogen-bond donors (Lipinski definition) is 3. The van der Waals surface area contributed by atoms with Crippen molar-refractivity contribution < 1.29 is 8.92 Å². The van der Waals surface area contributed by atoms with Crippen molar-refractivity contribution in [3.63, 3.8) is 0 Å². The summed E-state index contributed by atoms with van der Waals surface area (Å²) in [6.45, 7) is 5.40. The Morgan fingerprint density at radius 3 is 2.45 bits per heavy atom. The van der Waals surface area contributed by atoms with Gasteiger partial charge in [0.25, 0.3) is 0 Å². The zero-order valence-corrected chi connectivity index (χ0v) is 22.2. The second-order valence-corrected chi connectivity index (χ2v) is 11.4. The van der Waals surface area contributed by atoms with E-state index in [0.717, 1.165) is 6.54 Å². The van der Waals surface area contributed by atoms with Crippen LogP contribution in [0.15, 0.2) is 24.3 Å². The Balaban J connectivity index is 1.49. The molecule has 4 rings (SSSR count). The number of benzene rings is 1. The highest BCUT2D eigenvalue weighted by Gasteiger charge is 2.35. The molecule has 6 heteroatoms. The highest BCUT2D eigenvalue weighted by molar-refractivity contribution is 8.66. The first kappa shape index (κ1) is 25.8. The van der Waals surface area contributed by atoms with Crippen LogP contribution in [0, 0.1) is 5.92 Å². The zero-order valence-electron chi connectivity index (χ0n) is 20.5. The van der Waals surface area contributed by atoms with Gasteiger partial charge in [0.05, 0.1) is 29.4 Å². The number of hydrogen-bond acceptors (Lipinski definition) is 6. The third kappa shape index (κ3) is 7.14. The lowest BCUT2D eigenvalue weighted by Crippen LogP contribution is -2.48. The molecule has 0 radical (unpaired) electrons. The molecule has 1 aromatic rings. The van der Waals surface area contributed by atoms with Gasteiger partial charge in [-0.2, -0.15) is 0 Å². The SMILES string of the molecule is CC(C)OC(c1cccc(C2CCCC(C(OSS)C3CCCCC3)N2)c1)C1CCCCN1. The first-order chi connectivity index (χ1) is 16.2. The van der Waals surface area contributed by atoms with Crippen LogP contribution >= 0.6 is 22.7 Å². The summed E-state index contributed by atoms with van der Waals surface area (Å²) >= 11 is 5.60. The van der Waals surface area contributed by atoms with Crippen molar-refractivity contribution in [2.24, 2.45) is 5.92 Å². The van der Waals surface area contributed by atoms with E-state index in [1.807, 2.05) is 0 Å². The number of nitrogens with one attached hydrogen (secondary N) is 2. The fourth-order valence-corrected chi connectivity index (χ4v) is 6.95. The van der Waals surface area contributed by atoms with Crippen LogP contribution in [0.5, 0.6) is 0 Å². The lowest BCUT2D eigenvalue weighted by molar-refractivity contribution is -0.0210. The van der Waals surface area contributed by atoms with Gasteiger partial charge in [-0.05, 0) is 82.4 Å². The van der Waals surface area contributed by atoms with Gasteiger partial charge in [0.1, 0.15) is 0 Å². The Morgan fingerprint density at radius 1 is 0.939 bits per heavy atom. The van der Waals surface area contributed by atoms with E-state index in [-0.39, 0.29) is 18.3 Å². The second kappa shape index (κ2) is 13.2. The summed E-state index contributed by atoms with van der Waals surface area (Å²) in [6.07, 6.45) is 14.6. The number of rotatable bonds is 9. The molecule has 2 N–H and O–H groups in total. The van der Waals surface area contributed by atoms with E-state index in [1.54, 1.807) is 0 Å². The normalized spacial score (nSPS) is 29.2. The van der Waals surface area contributed by atoms with Gasteiger partial charge >= 0.3 is 0 Å². The minimum atomic E-state index is 0.114. The van der Waals surface area contributed by atoms with Crippen molar-refractivity contribution in [1.82, 2.24) is 10.6 Å². The summed E-state index contributed by atoms with van der Waals surface area (Å²) in [6, 6.07) is 10.4. The first-order valence-corrected chi connectivity index (χ1v) is 15.2. The first-order valence-electron chi connectivity index (χ1n) is 13.4. The molecular formula is C27H44N2O2S2. The molecule has 0 spiro atoms. The summed E-state index contributed by atoms with van der Waals surface area (Å²) < 4.78 is 12.7. The van der Waals surface area contributed by atoms with Crippen LogP contribution in [-0.4, -0.2) is 30.8 Å². The fourth-order valence-electron chi connectivity index (χ4n) is 6.26. The van der Waals surface area contributed by atoms with E-state index in [2.05, 4.69) is 60.4 Å². The molecule has 186 valence electrons. The summed E-state index contributed by atoms with van der Waals surface area (Å²) in [5.41, 5.74) is 2.71. The van der Waals surface area contributed by atoms with Gasteiger partial charge in [0.15, 0.2) is 0 Å². The molecule has 5 unspecified atom stereocenters. The Bertz CT molecular complexity index is 707. The molecule has 2 saturated heterocycles. The van der Waals surface area contributed by atoms with Gasteiger partial charge in [-0.1, -0.05) is 61.6 Å². The monoisotopic (exact) mass is 492 g/mol. The van der Waals surface area contributed by atoms with Crippen LogP contribution in [0.4, 0.5) is 0 Å². The molecule has 2 heterocycles. The Hall–Kier alpha value is -0.240. The highest BCUT2D eigenvalue weighted by Crippen LogP contribution is 2.37. The van der Waals surface area contributed by atoms with Crippen LogP contribution in [0.25, 0.3) is 0 Å². The van der Waals surface area contributed by atoms with Crippen LogP contribution in [-0.2, 0) is 8.92 Å². The molecule has 3 aliphatic rings. The van der Waals surface area contributed by atoms with E-state index in [9.17, 15) is 0 Å². The molecular weight excluding hydrogens is 448 g/mol. The maximum Gasteiger partial charge on any atom is 0.0981 e. The van der Waals surface area contributed by atoms with Gasteiger partial charge in [0, 0.05) is 18.1 Å². The molecule has 0 aromatic heterocycles. The fraction of sp³-hybridized carbons (Fsp3) is 0.778. The van der Waals surface area contributed by atoms with Gasteiger partial charge in [-0.25, -0.2) is 0 Å². The highest BCUT2D eigenvalue weighted by atomic mass is 33.1. The predicted molar refractivity (Wildman–Crippen MR) is 143 cm³/mol. The minimum absolute atomic E-state index is 0.114. The number of piperidine rings is 2. The molecule has 1 saturated carbocycles. The van der Waals surface area contributed by atoms with Gasteiger partial charge in [-0.15, -0.1) is 0 Å². The van der Waals surface area contributed by atoms with Crippen molar-refractivity contribution in [1.29, 1.82) is 0 Å². The molecule has 1 aliphatic carbocycles. The summed E-state index contributed by atoms with van der Waals surface area (Å²) in [5, 5.41) is 7.74. The van der Waals surface area contributed by atoms with Crippen molar-refractivity contribution in [3.05, 3.63) is 35.4 Å². The standard InChI is InChI=1S/C27H44N2O2S2/c1-19(2)30-26(24-14-6-7-17-28-24)22-13-8-12-21(18-22)23-15-9-16-25(29-23)27(31-33-32)20-10-4-3-5-11-20/h8,12-13,18-20,23-29,32H,3-7,9-11,14-17H2,1-2H3.